The maximum atomic E-state index is 12.3. The lowest BCUT2D eigenvalue weighted by molar-refractivity contribution is -0.168. The van der Waals surface area contributed by atoms with Crippen LogP contribution in [0.25, 0.3) is 0 Å². The van der Waals surface area contributed by atoms with Crippen LogP contribution in [-0.4, -0.2) is 50.1 Å². The second-order valence-electron chi connectivity index (χ2n) is 9.31. The molecular weight excluding hydrogens is 360 g/mol. The Morgan fingerprint density at radius 1 is 1.36 bits per heavy atom. The van der Waals surface area contributed by atoms with Crippen molar-refractivity contribution in [3.05, 3.63) is 12.2 Å². The highest BCUT2D eigenvalue weighted by Crippen LogP contribution is 2.60. The Morgan fingerprint density at radius 3 is 2.71 bits per heavy atom. The van der Waals surface area contributed by atoms with Crippen molar-refractivity contribution in [3.63, 3.8) is 0 Å². The van der Waals surface area contributed by atoms with Crippen molar-refractivity contribution in [3.8, 4) is 0 Å². The monoisotopic (exact) mass is 394 g/mol. The summed E-state index contributed by atoms with van der Waals surface area (Å²) in [6.45, 7) is 9.60. The number of ether oxygens (including phenoxy) is 3. The molecule has 158 valence electrons. The summed E-state index contributed by atoms with van der Waals surface area (Å²) in [5, 5.41) is 10.1. The van der Waals surface area contributed by atoms with E-state index in [1.54, 1.807) is 0 Å². The molecule has 3 rings (SSSR count). The van der Waals surface area contributed by atoms with Crippen molar-refractivity contribution in [2.24, 2.45) is 28.6 Å². The number of carbonyl (C=O) groups is 2. The van der Waals surface area contributed by atoms with Gasteiger partial charge in [0.15, 0.2) is 6.10 Å². The van der Waals surface area contributed by atoms with Gasteiger partial charge in [-0.15, -0.1) is 0 Å². The van der Waals surface area contributed by atoms with Crippen molar-refractivity contribution >= 4 is 11.9 Å². The lowest BCUT2D eigenvalue weighted by Gasteiger charge is -2.58. The Morgan fingerprint density at radius 2 is 2.11 bits per heavy atom. The number of esters is 2. The zero-order valence-electron chi connectivity index (χ0n) is 17.4. The van der Waals surface area contributed by atoms with E-state index in [1.807, 2.05) is 0 Å². The Balaban J connectivity index is 1.79. The van der Waals surface area contributed by atoms with E-state index in [2.05, 4.69) is 20.4 Å². The molecule has 1 aliphatic heterocycles. The molecule has 0 radical (unpaired) electrons. The van der Waals surface area contributed by atoms with Crippen molar-refractivity contribution in [1.29, 1.82) is 0 Å². The second kappa shape index (κ2) is 8.15. The van der Waals surface area contributed by atoms with E-state index in [0.29, 0.717) is 25.6 Å². The van der Waals surface area contributed by atoms with E-state index >= 15 is 0 Å². The van der Waals surface area contributed by atoms with Crippen molar-refractivity contribution in [2.45, 2.75) is 58.5 Å². The van der Waals surface area contributed by atoms with Gasteiger partial charge in [-0.1, -0.05) is 32.4 Å². The summed E-state index contributed by atoms with van der Waals surface area (Å²) in [5.41, 5.74) is 1.00. The first-order valence-corrected chi connectivity index (χ1v) is 10.4. The van der Waals surface area contributed by atoms with Crippen LogP contribution in [0.3, 0.4) is 0 Å². The summed E-state index contributed by atoms with van der Waals surface area (Å²) in [7, 11) is 1.31. The molecule has 3 aliphatic rings. The van der Waals surface area contributed by atoms with Gasteiger partial charge in [0.05, 0.1) is 26.2 Å². The quantitative estimate of drug-likeness (QED) is 0.551. The molecule has 28 heavy (non-hydrogen) atoms. The molecule has 6 atom stereocenters. The fourth-order valence-corrected chi connectivity index (χ4v) is 6.03. The SMILES string of the molecule is C=C1CCC2C(C)(CO)CCCC2(C)C1COC(C(=O)OC)C1CCOC1=O. The van der Waals surface area contributed by atoms with E-state index in [1.165, 1.54) is 7.11 Å². The number of hydrogen-bond donors (Lipinski definition) is 1. The highest BCUT2D eigenvalue weighted by atomic mass is 16.6. The molecule has 0 amide bonds. The van der Waals surface area contributed by atoms with Gasteiger partial charge in [0, 0.05) is 12.5 Å². The minimum atomic E-state index is -0.940. The average molecular weight is 395 g/mol. The molecule has 0 spiro atoms. The van der Waals surface area contributed by atoms with Crippen LogP contribution < -0.4 is 0 Å². The number of rotatable bonds is 6. The number of carbonyl (C=O) groups excluding carboxylic acids is 2. The van der Waals surface area contributed by atoms with E-state index in [4.69, 9.17) is 14.2 Å². The third-order valence-electron chi connectivity index (χ3n) is 7.72. The molecule has 0 aromatic carbocycles. The summed E-state index contributed by atoms with van der Waals surface area (Å²) < 4.78 is 16.0. The summed E-state index contributed by atoms with van der Waals surface area (Å²) in [5.74, 6) is -1.07. The highest BCUT2D eigenvalue weighted by Gasteiger charge is 2.54. The van der Waals surface area contributed by atoms with Crippen molar-refractivity contribution < 1.29 is 28.9 Å². The van der Waals surface area contributed by atoms with E-state index < -0.39 is 24.0 Å². The number of fused-ring (bicyclic) bond motifs is 1. The Bertz CT molecular complexity index is 631. The Hall–Kier alpha value is -1.40. The predicted molar refractivity (Wildman–Crippen MR) is 103 cm³/mol. The van der Waals surface area contributed by atoms with Gasteiger partial charge in [-0.25, -0.2) is 4.79 Å². The maximum absolute atomic E-state index is 12.3. The molecule has 2 saturated carbocycles. The van der Waals surface area contributed by atoms with Crippen LogP contribution in [0.1, 0.15) is 52.4 Å². The van der Waals surface area contributed by atoms with Crippen molar-refractivity contribution in [2.75, 3.05) is 26.9 Å². The largest absolute Gasteiger partial charge is 0.467 e. The minimum absolute atomic E-state index is 0.0398. The number of cyclic esters (lactones) is 1. The summed E-state index contributed by atoms with van der Waals surface area (Å²) in [6, 6.07) is 0. The third-order valence-corrected chi connectivity index (χ3v) is 7.72. The maximum Gasteiger partial charge on any atom is 0.335 e. The zero-order valence-corrected chi connectivity index (χ0v) is 17.4. The van der Waals surface area contributed by atoms with Gasteiger partial charge in [0.2, 0.25) is 0 Å². The summed E-state index contributed by atoms with van der Waals surface area (Å²) in [4.78, 5) is 24.3. The number of aliphatic hydroxyl groups is 1. The topological polar surface area (TPSA) is 82.1 Å². The molecule has 2 aliphatic carbocycles. The molecule has 1 heterocycles. The average Bonchev–Trinajstić information content (AvgIpc) is 3.09. The molecule has 3 fully saturated rings. The van der Waals surface area contributed by atoms with Crippen molar-refractivity contribution in [1.82, 2.24) is 0 Å². The smallest absolute Gasteiger partial charge is 0.335 e. The standard InChI is InChI=1S/C22H34O6/c1-14-6-7-17-21(2,13-23)9-5-10-22(17,3)16(14)12-28-18(20(25)26-4)15-8-11-27-19(15)24/h15-18,23H,1,5-13H2,2-4H3. The van der Waals surface area contributed by atoms with E-state index in [-0.39, 0.29) is 23.4 Å². The van der Waals surface area contributed by atoms with Gasteiger partial charge >= 0.3 is 11.9 Å². The van der Waals surface area contributed by atoms with Crippen LogP contribution in [-0.2, 0) is 23.8 Å². The highest BCUT2D eigenvalue weighted by molar-refractivity contribution is 5.84. The van der Waals surface area contributed by atoms with Crippen LogP contribution in [0.15, 0.2) is 12.2 Å². The van der Waals surface area contributed by atoms with E-state index in [9.17, 15) is 14.7 Å². The van der Waals surface area contributed by atoms with E-state index in [0.717, 1.165) is 37.7 Å². The molecule has 6 heteroatoms. The van der Waals surface area contributed by atoms with Crippen LogP contribution in [0.5, 0.6) is 0 Å². The Kier molecular flexibility index (Phi) is 6.20. The summed E-state index contributed by atoms with van der Waals surface area (Å²) in [6.07, 6.45) is 4.59. The van der Waals surface area contributed by atoms with Crippen LogP contribution >= 0.6 is 0 Å². The van der Waals surface area contributed by atoms with Gasteiger partial charge in [-0.2, -0.15) is 0 Å². The second-order valence-corrected chi connectivity index (χ2v) is 9.31. The molecule has 6 unspecified atom stereocenters. The molecule has 1 saturated heterocycles. The lowest BCUT2D eigenvalue weighted by atomic mass is 9.47. The first kappa shape index (κ1) is 21.3. The first-order valence-electron chi connectivity index (χ1n) is 10.4. The molecule has 0 aromatic rings. The van der Waals surface area contributed by atoms with Crippen LogP contribution in [0, 0.1) is 28.6 Å². The van der Waals surface area contributed by atoms with Gasteiger partial charge in [0.1, 0.15) is 0 Å². The fourth-order valence-electron chi connectivity index (χ4n) is 6.03. The molecular formula is C22H34O6. The first-order chi connectivity index (χ1) is 13.3. The number of methoxy groups -OCH3 is 1. The van der Waals surface area contributed by atoms with Gasteiger partial charge in [0.25, 0.3) is 0 Å². The third kappa shape index (κ3) is 3.61. The van der Waals surface area contributed by atoms with Gasteiger partial charge < -0.3 is 19.3 Å². The van der Waals surface area contributed by atoms with Gasteiger partial charge in [-0.3, -0.25) is 4.79 Å². The molecule has 1 N–H and O–H groups in total. The van der Waals surface area contributed by atoms with Gasteiger partial charge in [-0.05, 0) is 48.9 Å². The summed E-state index contributed by atoms with van der Waals surface area (Å²) >= 11 is 0. The Labute approximate surface area is 167 Å². The van der Waals surface area contributed by atoms with Crippen LogP contribution in [0.2, 0.25) is 0 Å². The fraction of sp³-hybridized carbons (Fsp3) is 0.818. The number of hydrogen-bond acceptors (Lipinski definition) is 6. The predicted octanol–water partition coefficient (Wildman–Crippen LogP) is 2.88. The van der Waals surface area contributed by atoms with Crippen LogP contribution in [0.4, 0.5) is 0 Å². The molecule has 0 aromatic heterocycles. The zero-order chi connectivity index (χ0) is 20.5. The number of aliphatic hydroxyl groups excluding tert-OH is 1. The minimum Gasteiger partial charge on any atom is -0.467 e. The lowest BCUT2D eigenvalue weighted by Crippen LogP contribution is -2.53. The molecule has 6 nitrogen and oxygen atoms in total. The normalized spacial score (nSPS) is 39.2. The molecule has 0 bridgehead atoms.